The molecule has 0 aromatic carbocycles. The molecule has 2 atom stereocenters. The van der Waals surface area contributed by atoms with Crippen molar-refractivity contribution in [1.29, 1.82) is 0 Å². The molecule has 8 heteroatoms. The van der Waals surface area contributed by atoms with Crippen LogP contribution in [0.4, 0.5) is 0 Å². The second kappa shape index (κ2) is 6.04. The number of morpholine rings is 1. The maximum atomic E-state index is 12.4. The first-order valence-electron chi connectivity index (χ1n) is 7.49. The number of aryl methyl sites for hydroxylation is 1. The number of hydrogen-bond acceptors (Lipinski definition) is 6. The third-order valence-corrected chi connectivity index (χ3v) is 4.54. The minimum Gasteiger partial charge on any atom is -0.366 e. The van der Waals surface area contributed by atoms with Gasteiger partial charge in [-0.25, -0.2) is 4.63 Å². The molecule has 2 saturated heterocycles. The fourth-order valence-corrected chi connectivity index (χ4v) is 3.08. The Bertz CT molecular complexity index is 573. The molecular weight excluding hydrogens is 288 g/mol. The number of fused-ring (bicyclic) bond motifs is 1. The Morgan fingerprint density at radius 2 is 2.09 bits per heavy atom. The molecule has 2 fully saturated rings. The summed E-state index contributed by atoms with van der Waals surface area (Å²) in [6, 6.07) is 0.0505. The van der Waals surface area contributed by atoms with Gasteiger partial charge in [-0.3, -0.25) is 9.59 Å². The van der Waals surface area contributed by atoms with Crippen LogP contribution in [0.25, 0.3) is 0 Å². The number of carbonyl (C=O) groups excluding carboxylic acids is 2. The summed E-state index contributed by atoms with van der Waals surface area (Å²) < 4.78 is 10.3. The molecule has 2 aliphatic heterocycles. The van der Waals surface area contributed by atoms with Crippen molar-refractivity contribution in [2.24, 2.45) is 0 Å². The highest BCUT2D eigenvalue weighted by molar-refractivity contribution is 5.79. The molecule has 8 nitrogen and oxygen atoms in total. The Balaban J connectivity index is 1.64. The molecule has 0 bridgehead atoms. The zero-order valence-corrected chi connectivity index (χ0v) is 12.8. The zero-order chi connectivity index (χ0) is 15.7. The van der Waals surface area contributed by atoms with Gasteiger partial charge in [0.2, 0.25) is 11.8 Å². The van der Waals surface area contributed by atoms with E-state index in [1.807, 2.05) is 11.9 Å². The molecule has 22 heavy (non-hydrogen) atoms. The van der Waals surface area contributed by atoms with Gasteiger partial charge in [0, 0.05) is 20.1 Å². The average Bonchev–Trinajstić information content (AvgIpc) is 2.77. The lowest BCUT2D eigenvalue weighted by Crippen LogP contribution is -2.52. The van der Waals surface area contributed by atoms with Crippen molar-refractivity contribution in [2.45, 2.75) is 38.3 Å². The largest absolute Gasteiger partial charge is 0.366 e. The second-order valence-electron chi connectivity index (χ2n) is 5.85. The molecular formula is C14H20N4O4. The highest BCUT2D eigenvalue weighted by Crippen LogP contribution is 2.23. The summed E-state index contributed by atoms with van der Waals surface area (Å²) >= 11 is 0. The van der Waals surface area contributed by atoms with E-state index in [1.54, 1.807) is 11.8 Å². The van der Waals surface area contributed by atoms with Crippen molar-refractivity contribution in [3.63, 3.8) is 0 Å². The van der Waals surface area contributed by atoms with Gasteiger partial charge >= 0.3 is 0 Å². The van der Waals surface area contributed by atoms with E-state index < -0.39 is 0 Å². The molecule has 0 saturated carbocycles. The maximum Gasteiger partial charge on any atom is 0.248 e. The lowest BCUT2D eigenvalue weighted by molar-refractivity contribution is -0.154. The standard InChI is InChI=1S/C14H20N4O4/c1-9-10(16-22-15-9)7-13(19)18-5-3-11-12(4-6-18)21-8-14(20)17(11)2/h11-12H,3-8H2,1-2H3/t11-,12-/m0/s1. The average molecular weight is 308 g/mol. The van der Waals surface area contributed by atoms with Gasteiger partial charge in [0.15, 0.2) is 0 Å². The minimum atomic E-state index is 0.00493. The Hall–Kier alpha value is -1.96. The van der Waals surface area contributed by atoms with Crippen LogP contribution in [-0.4, -0.2) is 70.8 Å². The second-order valence-corrected chi connectivity index (χ2v) is 5.85. The Morgan fingerprint density at radius 1 is 1.32 bits per heavy atom. The van der Waals surface area contributed by atoms with Gasteiger partial charge in [-0.15, -0.1) is 0 Å². The van der Waals surface area contributed by atoms with Gasteiger partial charge in [-0.05, 0) is 19.8 Å². The van der Waals surface area contributed by atoms with Crippen molar-refractivity contribution in [1.82, 2.24) is 20.1 Å². The molecule has 1 aromatic heterocycles. The molecule has 120 valence electrons. The van der Waals surface area contributed by atoms with Crippen LogP contribution in [0.5, 0.6) is 0 Å². The molecule has 2 aliphatic rings. The number of aromatic nitrogens is 2. The number of carbonyl (C=O) groups is 2. The predicted octanol–water partition coefficient (Wildman–Crippen LogP) is -0.231. The molecule has 2 amide bonds. The van der Waals surface area contributed by atoms with E-state index in [4.69, 9.17) is 4.74 Å². The number of nitrogens with zero attached hydrogens (tertiary/aromatic N) is 4. The summed E-state index contributed by atoms with van der Waals surface area (Å²) in [6.07, 6.45) is 1.68. The summed E-state index contributed by atoms with van der Waals surface area (Å²) in [5, 5.41) is 7.45. The van der Waals surface area contributed by atoms with Gasteiger partial charge in [-0.1, -0.05) is 10.3 Å². The molecule has 0 spiro atoms. The molecule has 0 N–H and O–H groups in total. The van der Waals surface area contributed by atoms with Crippen LogP contribution in [0.1, 0.15) is 24.2 Å². The smallest absolute Gasteiger partial charge is 0.248 e. The molecule has 0 radical (unpaired) electrons. The lowest BCUT2D eigenvalue weighted by atomic mass is 10.0. The molecule has 3 rings (SSSR count). The third kappa shape index (κ3) is 2.83. The summed E-state index contributed by atoms with van der Waals surface area (Å²) in [5.41, 5.74) is 1.22. The van der Waals surface area contributed by atoms with Crippen LogP contribution in [0.15, 0.2) is 4.63 Å². The van der Waals surface area contributed by atoms with E-state index in [9.17, 15) is 9.59 Å². The van der Waals surface area contributed by atoms with Crippen LogP contribution in [0.3, 0.4) is 0 Å². The maximum absolute atomic E-state index is 12.4. The van der Waals surface area contributed by atoms with Crippen molar-refractivity contribution in [3.8, 4) is 0 Å². The fourth-order valence-electron chi connectivity index (χ4n) is 3.08. The number of ether oxygens (including phenoxy) is 1. The van der Waals surface area contributed by atoms with Gasteiger partial charge in [0.1, 0.15) is 18.0 Å². The van der Waals surface area contributed by atoms with Gasteiger partial charge < -0.3 is 14.5 Å². The highest BCUT2D eigenvalue weighted by atomic mass is 16.6. The summed E-state index contributed by atoms with van der Waals surface area (Å²) in [6.45, 7) is 3.15. The molecule has 0 aliphatic carbocycles. The predicted molar refractivity (Wildman–Crippen MR) is 74.9 cm³/mol. The van der Waals surface area contributed by atoms with E-state index in [0.717, 1.165) is 12.8 Å². The summed E-state index contributed by atoms with van der Waals surface area (Å²) in [5.74, 6) is 0.0109. The van der Waals surface area contributed by atoms with Crippen LogP contribution in [0, 0.1) is 6.92 Å². The van der Waals surface area contributed by atoms with Crippen LogP contribution in [-0.2, 0) is 20.7 Å². The van der Waals surface area contributed by atoms with Gasteiger partial charge in [0.05, 0.1) is 18.6 Å². The zero-order valence-electron chi connectivity index (χ0n) is 12.8. The molecule has 1 aromatic rings. The first-order chi connectivity index (χ1) is 10.6. The normalized spacial score (nSPS) is 25.8. The van der Waals surface area contributed by atoms with Gasteiger partial charge in [0.25, 0.3) is 0 Å². The lowest BCUT2D eigenvalue weighted by Gasteiger charge is -2.37. The highest BCUT2D eigenvalue weighted by Gasteiger charge is 2.37. The van der Waals surface area contributed by atoms with Crippen molar-refractivity contribution >= 4 is 11.8 Å². The van der Waals surface area contributed by atoms with Crippen molar-refractivity contribution in [2.75, 3.05) is 26.7 Å². The van der Waals surface area contributed by atoms with Crippen molar-refractivity contribution < 1.29 is 19.0 Å². The Labute approximate surface area is 128 Å². The number of likely N-dealkylation sites (N-methyl/N-ethyl adjacent to an activating group) is 1. The minimum absolute atomic E-state index is 0.00493. The van der Waals surface area contributed by atoms with Crippen LogP contribution < -0.4 is 0 Å². The van der Waals surface area contributed by atoms with E-state index in [1.165, 1.54) is 0 Å². The third-order valence-electron chi connectivity index (χ3n) is 4.54. The van der Waals surface area contributed by atoms with E-state index in [0.29, 0.717) is 24.5 Å². The number of rotatable bonds is 2. The van der Waals surface area contributed by atoms with Gasteiger partial charge in [-0.2, -0.15) is 0 Å². The number of likely N-dealkylation sites (tertiary alicyclic amines) is 1. The molecule has 3 heterocycles. The first-order valence-corrected chi connectivity index (χ1v) is 7.49. The first kappa shape index (κ1) is 15.0. The Morgan fingerprint density at radius 3 is 2.82 bits per heavy atom. The quantitative estimate of drug-likeness (QED) is 0.750. The van der Waals surface area contributed by atoms with Crippen LogP contribution >= 0.6 is 0 Å². The topological polar surface area (TPSA) is 88.8 Å². The summed E-state index contributed by atoms with van der Waals surface area (Å²) in [4.78, 5) is 27.7. The number of hydrogen-bond donors (Lipinski definition) is 0. The Kier molecular flexibility index (Phi) is 4.10. The van der Waals surface area contributed by atoms with E-state index in [-0.39, 0.29) is 37.0 Å². The molecule has 0 unspecified atom stereocenters. The van der Waals surface area contributed by atoms with E-state index >= 15 is 0 Å². The SMILES string of the molecule is Cc1nonc1CC(=O)N1CC[C@@H]2OCC(=O)N(C)[C@H]2CC1. The van der Waals surface area contributed by atoms with E-state index in [2.05, 4.69) is 14.9 Å². The van der Waals surface area contributed by atoms with Crippen LogP contribution in [0.2, 0.25) is 0 Å². The number of amides is 2. The van der Waals surface area contributed by atoms with Crippen molar-refractivity contribution in [3.05, 3.63) is 11.4 Å². The summed E-state index contributed by atoms with van der Waals surface area (Å²) in [7, 11) is 1.81. The monoisotopic (exact) mass is 308 g/mol. The fraction of sp³-hybridized carbons (Fsp3) is 0.714.